The van der Waals surface area contributed by atoms with Gasteiger partial charge in [0.05, 0.1) is 25.7 Å². The van der Waals surface area contributed by atoms with E-state index in [1.54, 1.807) is 26.2 Å². The van der Waals surface area contributed by atoms with Crippen molar-refractivity contribution in [1.29, 1.82) is 0 Å². The minimum absolute atomic E-state index is 0.315. The zero-order valence-electron chi connectivity index (χ0n) is 14.4. The number of thioether (sulfide) groups is 1. The summed E-state index contributed by atoms with van der Waals surface area (Å²) < 4.78 is 16.0. The van der Waals surface area contributed by atoms with E-state index >= 15 is 0 Å². The summed E-state index contributed by atoms with van der Waals surface area (Å²) in [6, 6.07) is 4.64. The Morgan fingerprint density at radius 3 is 2.72 bits per heavy atom. The summed E-state index contributed by atoms with van der Waals surface area (Å²) in [7, 11) is 2.83. The van der Waals surface area contributed by atoms with Crippen LogP contribution < -0.4 is 9.47 Å². The summed E-state index contributed by atoms with van der Waals surface area (Å²) in [6.07, 6.45) is 1.69. The fourth-order valence-electron chi connectivity index (χ4n) is 2.34. The van der Waals surface area contributed by atoms with Crippen LogP contribution in [0.1, 0.15) is 19.4 Å². The minimum Gasteiger partial charge on any atom is -0.493 e. The second kappa shape index (κ2) is 8.35. The summed E-state index contributed by atoms with van der Waals surface area (Å²) in [5, 5.41) is 0. The Hall–Kier alpha value is -2.06. The maximum Gasteiger partial charge on any atom is 0.328 e. The summed E-state index contributed by atoms with van der Waals surface area (Å²) >= 11 is 6.39. The molecule has 1 aliphatic rings. The van der Waals surface area contributed by atoms with Gasteiger partial charge in [-0.25, -0.2) is 4.79 Å². The van der Waals surface area contributed by atoms with E-state index in [1.165, 1.54) is 12.0 Å². The maximum atomic E-state index is 12.7. The van der Waals surface area contributed by atoms with Crippen LogP contribution in [0.5, 0.6) is 11.5 Å². The van der Waals surface area contributed by atoms with Gasteiger partial charge in [0.2, 0.25) is 0 Å². The van der Waals surface area contributed by atoms with Gasteiger partial charge in [0.25, 0.3) is 5.91 Å². The van der Waals surface area contributed by atoms with Crippen molar-refractivity contribution in [3.8, 4) is 11.5 Å². The first-order chi connectivity index (χ1) is 11.9. The zero-order valence-corrected chi connectivity index (χ0v) is 16.0. The molecule has 134 valence electrons. The molecule has 1 aromatic rings. The van der Waals surface area contributed by atoms with E-state index < -0.39 is 12.0 Å². The number of rotatable bonds is 6. The van der Waals surface area contributed by atoms with Gasteiger partial charge in [-0.1, -0.05) is 36.1 Å². The largest absolute Gasteiger partial charge is 0.493 e. The maximum absolute atomic E-state index is 12.7. The molecule has 8 heteroatoms. The lowest BCUT2D eigenvalue weighted by Crippen LogP contribution is -2.42. The van der Waals surface area contributed by atoms with Gasteiger partial charge in [-0.15, -0.1) is 0 Å². The van der Waals surface area contributed by atoms with Crippen molar-refractivity contribution in [2.45, 2.75) is 19.9 Å². The first-order valence-electron chi connectivity index (χ1n) is 7.59. The Morgan fingerprint density at radius 2 is 2.12 bits per heavy atom. The van der Waals surface area contributed by atoms with Crippen LogP contribution in [0, 0.1) is 0 Å². The van der Waals surface area contributed by atoms with E-state index in [-0.39, 0.29) is 5.91 Å². The zero-order chi connectivity index (χ0) is 18.6. The number of benzene rings is 1. The number of para-hydroxylation sites is 1. The Morgan fingerprint density at radius 1 is 1.40 bits per heavy atom. The first-order valence-corrected chi connectivity index (χ1v) is 8.81. The Labute approximate surface area is 156 Å². The van der Waals surface area contributed by atoms with E-state index in [0.29, 0.717) is 32.9 Å². The number of esters is 1. The fraction of sp³-hybridized carbons (Fsp3) is 0.353. The highest BCUT2D eigenvalue weighted by molar-refractivity contribution is 8.26. The number of hydrogen-bond acceptors (Lipinski definition) is 7. The second-order valence-corrected chi connectivity index (χ2v) is 6.74. The molecule has 2 rings (SSSR count). The van der Waals surface area contributed by atoms with Crippen LogP contribution in [0.15, 0.2) is 23.1 Å². The summed E-state index contributed by atoms with van der Waals surface area (Å²) in [6.45, 7) is 3.91. The van der Waals surface area contributed by atoms with Crippen LogP contribution in [0.2, 0.25) is 0 Å². The molecule has 1 saturated heterocycles. The number of ether oxygens (including phenoxy) is 3. The lowest BCUT2D eigenvalue weighted by Gasteiger charge is -2.20. The molecular weight excluding hydrogens is 362 g/mol. The average molecular weight is 381 g/mol. The first kappa shape index (κ1) is 19.3. The Kier molecular flexibility index (Phi) is 6.44. The molecule has 0 aromatic heterocycles. The highest BCUT2D eigenvalue weighted by Crippen LogP contribution is 2.38. The molecule has 1 fully saturated rings. The monoisotopic (exact) mass is 381 g/mol. The average Bonchev–Trinajstić information content (AvgIpc) is 2.88. The van der Waals surface area contributed by atoms with Crippen molar-refractivity contribution >= 4 is 46.3 Å². The molecule has 0 bridgehead atoms. The van der Waals surface area contributed by atoms with Crippen LogP contribution >= 0.6 is 24.0 Å². The van der Waals surface area contributed by atoms with Gasteiger partial charge in [-0.3, -0.25) is 9.69 Å². The van der Waals surface area contributed by atoms with E-state index in [9.17, 15) is 9.59 Å². The van der Waals surface area contributed by atoms with Crippen molar-refractivity contribution in [3.63, 3.8) is 0 Å². The molecule has 1 aromatic carbocycles. The molecule has 0 spiro atoms. The molecule has 6 nitrogen and oxygen atoms in total. The molecular formula is C17H19NO5S2. The van der Waals surface area contributed by atoms with E-state index in [4.69, 9.17) is 26.4 Å². The molecule has 1 atom stereocenters. The standard InChI is InChI=1S/C17H19NO5S2/c1-5-23-14-11(7-6-8-12(14)21-3)9-13-15(19)18(17(24)25-13)10(2)16(20)22-4/h6-10H,5H2,1-4H3/b13-9-/t10-/m1/s1. The van der Waals surface area contributed by atoms with Crippen molar-refractivity contribution in [3.05, 3.63) is 28.7 Å². The molecule has 1 heterocycles. The van der Waals surface area contributed by atoms with Gasteiger partial charge < -0.3 is 14.2 Å². The molecule has 25 heavy (non-hydrogen) atoms. The quantitative estimate of drug-likeness (QED) is 0.426. The second-order valence-electron chi connectivity index (χ2n) is 5.06. The molecule has 0 saturated carbocycles. The third-order valence-corrected chi connectivity index (χ3v) is 4.89. The van der Waals surface area contributed by atoms with Crippen molar-refractivity contribution in [2.75, 3.05) is 20.8 Å². The van der Waals surface area contributed by atoms with Gasteiger partial charge in [0.1, 0.15) is 10.4 Å². The molecule has 0 radical (unpaired) electrons. The molecule has 1 aliphatic heterocycles. The number of thiocarbonyl (C=S) groups is 1. The van der Waals surface area contributed by atoms with Gasteiger partial charge in [0, 0.05) is 5.56 Å². The van der Waals surface area contributed by atoms with Crippen LogP contribution in [-0.2, 0) is 14.3 Å². The summed E-state index contributed by atoms with van der Waals surface area (Å²) in [5.74, 6) is 0.278. The summed E-state index contributed by atoms with van der Waals surface area (Å²) in [5.41, 5.74) is 0.701. The van der Waals surface area contributed by atoms with Gasteiger partial charge >= 0.3 is 5.97 Å². The van der Waals surface area contributed by atoms with Crippen LogP contribution in [0.4, 0.5) is 0 Å². The number of hydrogen-bond donors (Lipinski definition) is 0. The SMILES string of the molecule is CCOc1c(/C=C2\SC(=S)N([C@H](C)C(=O)OC)C2=O)cccc1OC. The minimum atomic E-state index is -0.778. The summed E-state index contributed by atoms with van der Waals surface area (Å²) in [4.78, 5) is 26.1. The third kappa shape index (κ3) is 3.96. The molecule has 1 amide bonds. The van der Waals surface area contributed by atoms with Crippen molar-refractivity contribution < 1.29 is 23.8 Å². The van der Waals surface area contributed by atoms with Crippen LogP contribution in [0.3, 0.4) is 0 Å². The van der Waals surface area contributed by atoms with E-state index in [2.05, 4.69) is 0 Å². The van der Waals surface area contributed by atoms with Crippen LogP contribution in [-0.4, -0.2) is 48.0 Å². The van der Waals surface area contributed by atoms with E-state index in [0.717, 1.165) is 11.8 Å². The fourth-order valence-corrected chi connectivity index (χ4v) is 3.75. The molecule has 0 unspecified atom stereocenters. The lowest BCUT2D eigenvalue weighted by molar-refractivity contribution is -0.147. The van der Waals surface area contributed by atoms with E-state index in [1.807, 2.05) is 19.1 Å². The third-order valence-electron chi connectivity index (χ3n) is 3.56. The Bertz CT molecular complexity index is 732. The number of amides is 1. The topological polar surface area (TPSA) is 65.1 Å². The molecule has 0 N–H and O–H groups in total. The highest BCUT2D eigenvalue weighted by atomic mass is 32.2. The number of methoxy groups -OCH3 is 2. The van der Waals surface area contributed by atoms with Gasteiger partial charge in [-0.05, 0) is 26.0 Å². The van der Waals surface area contributed by atoms with Gasteiger partial charge in [0.15, 0.2) is 11.5 Å². The van der Waals surface area contributed by atoms with Crippen molar-refractivity contribution in [1.82, 2.24) is 4.90 Å². The Balaban J connectivity index is 2.38. The molecule has 0 aliphatic carbocycles. The number of nitrogens with zero attached hydrogens (tertiary/aromatic N) is 1. The smallest absolute Gasteiger partial charge is 0.328 e. The predicted octanol–water partition coefficient (Wildman–Crippen LogP) is 2.86. The van der Waals surface area contributed by atoms with Crippen molar-refractivity contribution in [2.24, 2.45) is 0 Å². The van der Waals surface area contributed by atoms with Crippen LogP contribution in [0.25, 0.3) is 6.08 Å². The number of carbonyl (C=O) groups is 2. The van der Waals surface area contributed by atoms with Gasteiger partial charge in [-0.2, -0.15) is 0 Å². The highest BCUT2D eigenvalue weighted by Gasteiger charge is 2.38. The number of carbonyl (C=O) groups excluding carboxylic acids is 2. The normalized spacial score (nSPS) is 17.0. The lowest BCUT2D eigenvalue weighted by atomic mass is 10.1. The predicted molar refractivity (Wildman–Crippen MR) is 101 cm³/mol.